The zero-order valence-corrected chi connectivity index (χ0v) is 11.5. The molecule has 102 valence electrons. The number of rotatable bonds is 4. The molecule has 1 amide bonds. The van der Waals surface area contributed by atoms with Gasteiger partial charge in [-0.3, -0.25) is 4.79 Å². The number of anilines is 1. The van der Waals surface area contributed by atoms with E-state index in [1.165, 1.54) is 7.11 Å². The van der Waals surface area contributed by atoms with Gasteiger partial charge in [-0.2, -0.15) is 0 Å². The zero-order chi connectivity index (χ0) is 14.3. The van der Waals surface area contributed by atoms with Gasteiger partial charge in [-0.25, -0.2) is 0 Å². The molecule has 0 aromatic heterocycles. The summed E-state index contributed by atoms with van der Waals surface area (Å²) in [5.74, 6) is 5.18. The van der Waals surface area contributed by atoms with Gasteiger partial charge in [0.1, 0.15) is 12.2 Å². The Balaban J connectivity index is 2.75. The Hall–Kier alpha value is -1.83. The molecule has 0 bridgehead atoms. The first-order valence-electron chi connectivity index (χ1n) is 6.12. The standard InChI is InChI=1S/C15H19NO3/c1-4-15(2,19-3)14(18)16-13-9-7-12(8-10-13)6-5-11-17/h7-10,17H,4,11H2,1-3H3,(H,16,18). The van der Waals surface area contributed by atoms with Gasteiger partial charge < -0.3 is 15.2 Å². The summed E-state index contributed by atoms with van der Waals surface area (Å²) in [5, 5.41) is 11.4. The minimum atomic E-state index is -0.824. The zero-order valence-electron chi connectivity index (χ0n) is 11.5. The number of aliphatic hydroxyl groups excluding tert-OH is 1. The van der Waals surface area contributed by atoms with Crippen molar-refractivity contribution in [2.75, 3.05) is 19.0 Å². The van der Waals surface area contributed by atoms with E-state index in [2.05, 4.69) is 17.2 Å². The second-order valence-electron chi connectivity index (χ2n) is 4.28. The third kappa shape index (κ3) is 4.09. The Kier molecular flexibility index (Phi) is 5.56. The number of amides is 1. The number of ether oxygens (including phenoxy) is 1. The molecule has 4 nitrogen and oxygen atoms in total. The largest absolute Gasteiger partial charge is 0.384 e. The second-order valence-corrected chi connectivity index (χ2v) is 4.28. The Labute approximate surface area is 113 Å². The number of hydrogen-bond donors (Lipinski definition) is 2. The monoisotopic (exact) mass is 261 g/mol. The van der Waals surface area contributed by atoms with Crippen molar-refractivity contribution in [1.82, 2.24) is 0 Å². The van der Waals surface area contributed by atoms with Crippen LogP contribution >= 0.6 is 0 Å². The summed E-state index contributed by atoms with van der Waals surface area (Å²) in [5.41, 5.74) is 0.656. The fraction of sp³-hybridized carbons (Fsp3) is 0.400. The van der Waals surface area contributed by atoms with Gasteiger partial charge in [0.05, 0.1) is 0 Å². The van der Waals surface area contributed by atoms with E-state index in [4.69, 9.17) is 9.84 Å². The van der Waals surface area contributed by atoms with Crippen LogP contribution in [0, 0.1) is 11.8 Å². The van der Waals surface area contributed by atoms with Crippen molar-refractivity contribution in [3.8, 4) is 11.8 Å². The van der Waals surface area contributed by atoms with Gasteiger partial charge in [0.2, 0.25) is 0 Å². The lowest BCUT2D eigenvalue weighted by Crippen LogP contribution is -2.41. The summed E-state index contributed by atoms with van der Waals surface area (Å²) in [6.07, 6.45) is 0.593. The Morgan fingerprint density at radius 2 is 2.05 bits per heavy atom. The molecule has 1 atom stereocenters. The SMILES string of the molecule is CCC(C)(OC)C(=O)Nc1ccc(C#CCO)cc1. The summed E-state index contributed by atoms with van der Waals surface area (Å²) in [6.45, 7) is 3.49. The van der Waals surface area contributed by atoms with Crippen LogP contribution in [0.2, 0.25) is 0 Å². The molecule has 0 spiro atoms. The minimum absolute atomic E-state index is 0.165. The fourth-order valence-electron chi connectivity index (χ4n) is 1.44. The molecule has 0 saturated heterocycles. The number of aliphatic hydroxyl groups is 1. The third-order valence-corrected chi connectivity index (χ3v) is 3.06. The van der Waals surface area contributed by atoms with Gasteiger partial charge in [0.15, 0.2) is 0 Å². The second kappa shape index (κ2) is 6.93. The maximum atomic E-state index is 12.1. The van der Waals surface area contributed by atoms with Crippen LogP contribution in [0.15, 0.2) is 24.3 Å². The van der Waals surface area contributed by atoms with E-state index in [0.717, 1.165) is 5.56 Å². The quantitative estimate of drug-likeness (QED) is 0.812. The molecule has 1 aromatic carbocycles. The van der Waals surface area contributed by atoms with E-state index < -0.39 is 5.60 Å². The first-order chi connectivity index (χ1) is 9.05. The molecule has 1 aromatic rings. The molecule has 0 aliphatic rings. The summed E-state index contributed by atoms with van der Waals surface area (Å²) in [4.78, 5) is 12.1. The highest BCUT2D eigenvalue weighted by Crippen LogP contribution is 2.17. The average Bonchev–Trinajstić information content (AvgIpc) is 2.45. The molecule has 0 heterocycles. The van der Waals surface area contributed by atoms with Crippen molar-refractivity contribution in [1.29, 1.82) is 0 Å². The van der Waals surface area contributed by atoms with Crippen LogP contribution in [0.25, 0.3) is 0 Å². The van der Waals surface area contributed by atoms with Gasteiger partial charge >= 0.3 is 0 Å². The van der Waals surface area contributed by atoms with Crippen molar-refractivity contribution in [2.24, 2.45) is 0 Å². The van der Waals surface area contributed by atoms with E-state index in [-0.39, 0.29) is 12.5 Å². The lowest BCUT2D eigenvalue weighted by atomic mass is 10.0. The van der Waals surface area contributed by atoms with Crippen molar-refractivity contribution in [3.63, 3.8) is 0 Å². The molecular formula is C15H19NO3. The first-order valence-corrected chi connectivity index (χ1v) is 6.12. The third-order valence-electron chi connectivity index (χ3n) is 3.06. The topological polar surface area (TPSA) is 58.6 Å². The molecule has 0 radical (unpaired) electrons. The molecule has 1 rings (SSSR count). The summed E-state index contributed by atoms with van der Waals surface area (Å²) in [6, 6.07) is 7.11. The van der Waals surface area contributed by atoms with E-state index in [0.29, 0.717) is 12.1 Å². The highest BCUT2D eigenvalue weighted by molar-refractivity contribution is 5.97. The highest BCUT2D eigenvalue weighted by atomic mass is 16.5. The molecule has 2 N–H and O–H groups in total. The van der Waals surface area contributed by atoms with E-state index in [1.54, 1.807) is 31.2 Å². The molecule has 19 heavy (non-hydrogen) atoms. The molecule has 0 aliphatic heterocycles. The van der Waals surface area contributed by atoms with Crippen LogP contribution in [0.1, 0.15) is 25.8 Å². The number of carbonyl (C=O) groups excluding carboxylic acids is 1. The van der Waals surface area contributed by atoms with Gasteiger partial charge in [-0.05, 0) is 37.6 Å². The molecular weight excluding hydrogens is 242 g/mol. The molecule has 0 aliphatic carbocycles. The number of methoxy groups -OCH3 is 1. The summed E-state index contributed by atoms with van der Waals surface area (Å²) in [7, 11) is 1.52. The number of nitrogens with one attached hydrogen (secondary N) is 1. The lowest BCUT2D eigenvalue weighted by Gasteiger charge is -2.25. The van der Waals surface area contributed by atoms with Crippen molar-refractivity contribution < 1.29 is 14.6 Å². The van der Waals surface area contributed by atoms with E-state index >= 15 is 0 Å². The lowest BCUT2D eigenvalue weighted by molar-refractivity contribution is -0.136. The van der Waals surface area contributed by atoms with Gasteiger partial charge in [0, 0.05) is 18.4 Å². The van der Waals surface area contributed by atoms with Crippen LogP contribution in [-0.2, 0) is 9.53 Å². The Morgan fingerprint density at radius 1 is 1.42 bits per heavy atom. The highest BCUT2D eigenvalue weighted by Gasteiger charge is 2.30. The predicted octanol–water partition coefficient (Wildman–Crippen LogP) is 1.78. The summed E-state index contributed by atoms with van der Waals surface area (Å²) < 4.78 is 5.24. The van der Waals surface area contributed by atoms with Crippen LogP contribution in [0.5, 0.6) is 0 Å². The molecule has 1 unspecified atom stereocenters. The van der Waals surface area contributed by atoms with Crippen LogP contribution in [0.4, 0.5) is 5.69 Å². The summed E-state index contributed by atoms with van der Waals surface area (Å²) >= 11 is 0. The minimum Gasteiger partial charge on any atom is -0.384 e. The van der Waals surface area contributed by atoms with Crippen LogP contribution in [-0.4, -0.2) is 30.3 Å². The average molecular weight is 261 g/mol. The maximum Gasteiger partial charge on any atom is 0.256 e. The number of hydrogen-bond acceptors (Lipinski definition) is 3. The van der Waals surface area contributed by atoms with Gasteiger partial charge in [-0.1, -0.05) is 18.8 Å². The van der Waals surface area contributed by atoms with E-state index in [9.17, 15) is 4.79 Å². The molecule has 0 saturated carbocycles. The van der Waals surface area contributed by atoms with Crippen molar-refractivity contribution in [2.45, 2.75) is 25.9 Å². The van der Waals surface area contributed by atoms with Crippen LogP contribution in [0.3, 0.4) is 0 Å². The maximum absolute atomic E-state index is 12.1. The predicted molar refractivity (Wildman–Crippen MR) is 74.7 cm³/mol. The Morgan fingerprint density at radius 3 is 2.53 bits per heavy atom. The number of benzene rings is 1. The van der Waals surface area contributed by atoms with Gasteiger partial charge in [0.25, 0.3) is 5.91 Å². The van der Waals surface area contributed by atoms with Crippen molar-refractivity contribution >= 4 is 11.6 Å². The fourth-order valence-corrected chi connectivity index (χ4v) is 1.44. The van der Waals surface area contributed by atoms with Crippen LogP contribution < -0.4 is 5.32 Å². The van der Waals surface area contributed by atoms with Gasteiger partial charge in [-0.15, -0.1) is 0 Å². The Bertz CT molecular complexity index is 478. The van der Waals surface area contributed by atoms with Crippen molar-refractivity contribution in [3.05, 3.63) is 29.8 Å². The molecule has 4 heteroatoms. The first kappa shape index (κ1) is 15.2. The normalized spacial score (nSPS) is 13.1. The number of carbonyl (C=O) groups is 1. The van der Waals surface area contributed by atoms with E-state index in [1.807, 2.05) is 6.92 Å². The smallest absolute Gasteiger partial charge is 0.256 e. The molecule has 0 fully saturated rings.